The lowest BCUT2D eigenvalue weighted by Gasteiger charge is -2.27. The summed E-state index contributed by atoms with van der Waals surface area (Å²) in [6.07, 6.45) is 2.96. The van der Waals surface area contributed by atoms with E-state index in [0.29, 0.717) is 41.3 Å². The minimum atomic E-state index is -0.114. The van der Waals surface area contributed by atoms with Gasteiger partial charge in [0.05, 0.1) is 16.5 Å². The Kier molecular flexibility index (Phi) is 5.14. The number of hydrogen-bond acceptors (Lipinski definition) is 5. The number of rotatable bonds is 5. The van der Waals surface area contributed by atoms with Crippen LogP contribution in [0.2, 0.25) is 0 Å². The smallest absolute Gasteiger partial charge is 0.274 e. The molecule has 7 nitrogen and oxygen atoms in total. The van der Waals surface area contributed by atoms with Crippen LogP contribution in [0, 0.1) is 18.8 Å². The minimum Gasteiger partial charge on any atom is -0.375 e. The van der Waals surface area contributed by atoms with Crippen molar-refractivity contribution in [1.29, 1.82) is 0 Å². The zero-order valence-electron chi connectivity index (χ0n) is 19.7. The molecule has 178 valence electrons. The zero-order valence-corrected chi connectivity index (χ0v) is 20.5. The van der Waals surface area contributed by atoms with Gasteiger partial charge in [-0.15, -0.1) is 0 Å². The summed E-state index contributed by atoms with van der Waals surface area (Å²) in [6, 6.07) is 15.9. The van der Waals surface area contributed by atoms with Crippen molar-refractivity contribution < 1.29 is 9.59 Å². The fraction of sp³-hybridized carbons (Fsp3) is 0.296. The quantitative estimate of drug-likeness (QED) is 0.445. The predicted molar refractivity (Wildman–Crippen MR) is 138 cm³/mol. The molecular formula is C27H27N5O2S. The first-order valence-electron chi connectivity index (χ1n) is 11.9. The number of likely N-dealkylation sites (tertiary alicyclic amines) is 1. The van der Waals surface area contributed by atoms with Crippen LogP contribution < -0.4 is 11.1 Å². The summed E-state index contributed by atoms with van der Waals surface area (Å²) in [5.74, 6) is 0.699. The van der Waals surface area contributed by atoms with Crippen LogP contribution in [0.25, 0.3) is 21.3 Å². The van der Waals surface area contributed by atoms with Crippen molar-refractivity contribution in [2.45, 2.75) is 19.4 Å². The normalized spacial score (nSPS) is 20.7. The first kappa shape index (κ1) is 21.9. The summed E-state index contributed by atoms with van der Waals surface area (Å²) < 4.78 is 1.96. The van der Waals surface area contributed by atoms with E-state index in [1.165, 1.54) is 11.3 Å². The number of aromatic nitrogens is 2. The Balaban J connectivity index is 1.23. The highest BCUT2D eigenvalue weighted by Gasteiger charge is 2.54. The molecule has 2 aromatic carbocycles. The van der Waals surface area contributed by atoms with Gasteiger partial charge in [-0.05, 0) is 36.8 Å². The number of nitrogens with zero attached hydrogens (tertiary/aromatic N) is 3. The molecule has 0 radical (unpaired) electrons. The van der Waals surface area contributed by atoms with Gasteiger partial charge < -0.3 is 20.5 Å². The van der Waals surface area contributed by atoms with E-state index in [9.17, 15) is 9.59 Å². The van der Waals surface area contributed by atoms with Crippen LogP contribution in [0.4, 0.5) is 5.13 Å². The third-order valence-electron chi connectivity index (χ3n) is 7.30. The summed E-state index contributed by atoms with van der Waals surface area (Å²) in [4.78, 5) is 34.0. The van der Waals surface area contributed by atoms with Crippen molar-refractivity contribution in [3.63, 3.8) is 0 Å². The van der Waals surface area contributed by atoms with Crippen molar-refractivity contribution in [3.05, 3.63) is 71.5 Å². The van der Waals surface area contributed by atoms with E-state index in [-0.39, 0.29) is 17.9 Å². The molecule has 2 fully saturated rings. The Morgan fingerprint density at radius 1 is 1.20 bits per heavy atom. The van der Waals surface area contributed by atoms with Crippen LogP contribution in [-0.2, 0) is 7.05 Å². The Labute approximate surface area is 207 Å². The number of benzene rings is 2. The molecule has 2 aliphatic rings. The Morgan fingerprint density at radius 2 is 2.03 bits per heavy atom. The second-order valence-corrected chi connectivity index (χ2v) is 10.7. The number of anilines is 1. The summed E-state index contributed by atoms with van der Waals surface area (Å²) in [6.45, 7) is 3.15. The Hall–Kier alpha value is -3.65. The maximum Gasteiger partial charge on any atom is 0.274 e. The highest BCUT2D eigenvalue weighted by Crippen LogP contribution is 2.50. The number of carbonyl (C=O) groups excluding carboxylic acids is 2. The lowest BCUT2D eigenvalue weighted by atomic mass is 10.1. The maximum absolute atomic E-state index is 13.7. The van der Waals surface area contributed by atoms with Crippen molar-refractivity contribution >= 4 is 39.2 Å². The second-order valence-electron chi connectivity index (χ2n) is 9.66. The number of thiazole rings is 1. The lowest BCUT2D eigenvalue weighted by molar-refractivity contribution is 0.0691. The van der Waals surface area contributed by atoms with Crippen LogP contribution in [0.15, 0.2) is 54.7 Å². The van der Waals surface area contributed by atoms with Gasteiger partial charge in [-0.25, -0.2) is 4.98 Å². The molecular weight excluding hydrogens is 458 g/mol. The molecule has 0 bridgehead atoms. The van der Waals surface area contributed by atoms with E-state index < -0.39 is 0 Å². The van der Waals surface area contributed by atoms with Crippen molar-refractivity contribution in [1.82, 2.24) is 19.8 Å². The lowest BCUT2D eigenvalue weighted by Crippen LogP contribution is -2.45. The van der Waals surface area contributed by atoms with Crippen molar-refractivity contribution in [2.24, 2.45) is 18.9 Å². The van der Waals surface area contributed by atoms with E-state index in [0.717, 1.165) is 33.3 Å². The second kappa shape index (κ2) is 8.23. The molecule has 1 saturated carbocycles. The first-order valence-corrected chi connectivity index (χ1v) is 12.7. The van der Waals surface area contributed by atoms with Gasteiger partial charge in [-0.2, -0.15) is 0 Å². The molecule has 3 heterocycles. The van der Waals surface area contributed by atoms with Gasteiger partial charge in [-0.3, -0.25) is 9.59 Å². The van der Waals surface area contributed by atoms with E-state index in [1.54, 1.807) is 0 Å². The molecule has 6 rings (SSSR count). The van der Waals surface area contributed by atoms with Gasteiger partial charge in [0, 0.05) is 37.2 Å². The van der Waals surface area contributed by atoms with Gasteiger partial charge >= 0.3 is 0 Å². The van der Waals surface area contributed by atoms with Gasteiger partial charge in [-0.1, -0.05) is 59.4 Å². The molecule has 3 atom stereocenters. The number of aryl methyl sites for hydroxylation is 2. The average molecular weight is 486 g/mol. The van der Waals surface area contributed by atoms with E-state index >= 15 is 0 Å². The van der Waals surface area contributed by atoms with Gasteiger partial charge in [0.1, 0.15) is 5.69 Å². The number of nitrogen functional groups attached to an aromatic ring is 1. The van der Waals surface area contributed by atoms with Crippen molar-refractivity contribution in [2.75, 3.05) is 18.8 Å². The number of piperidine rings is 1. The number of para-hydroxylation sites is 1. The molecule has 4 aromatic rings. The number of fused-ring (bicyclic) bond motifs is 2. The van der Waals surface area contributed by atoms with Gasteiger partial charge in [0.2, 0.25) is 0 Å². The van der Waals surface area contributed by atoms with Crippen LogP contribution in [-0.4, -0.2) is 45.4 Å². The molecule has 2 aromatic heterocycles. The summed E-state index contributed by atoms with van der Waals surface area (Å²) in [7, 11) is 1.94. The average Bonchev–Trinajstić information content (AvgIpc) is 3.18. The molecule has 0 unspecified atom stereocenters. The van der Waals surface area contributed by atoms with Crippen molar-refractivity contribution in [3.8, 4) is 10.4 Å². The molecule has 1 saturated heterocycles. The molecule has 0 spiro atoms. The number of nitrogens with two attached hydrogens (primary N) is 1. The third-order valence-corrected chi connectivity index (χ3v) is 8.24. The highest BCUT2D eigenvalue weighted by atomic mass is 32.1. The molecule has 1 aliphatic heterocycles. The molecule has 2 amide bonds. The number of nitrogens with one attached hydrogen (secondary N) is 1. The largest absolute Gasteiger partial charge is 0.375 e. The standard InChI is InChI=1S/C27H27N5O2S/c1-15-6-5-7-16(10-15)24-23(30-27(28)35-24)26(34)32-13-17-11-19(17)22(32)12-29-25(33)20-14-31(2)21-9-4-3-8-18(20)21/h3-10,14,17,19,22H,11-13H2,1-2H3,(H2,28,30)(H,29,33)/t17-,19-,22-/m1/s1. The number of carbonyl (C=O) groups is 2. The first-order chi connectivity index (χ1) is 16.9. The highest BCUT2D eigenvalue weighted by molar-refractivity contribution is 7.19. The fourth-order valence-corrected chi connectivity index (χ4v) is 6.30. The Morgan fingerprint density at radius 3 is 2.86 bits per heavy atom. The van der Waals surface area contributed by atoms with E-state index in [2.05, 4.69) is 10.3 Å². The maximum atomic E-state index is 13.7. The SMILES string of the molecule is Cc1cccc(-c2sc(N)nc2C(=O)N2C[C@H]3C[C@H]3[C@H]2CNC(=O)c2cn(C)c3ccccc23)c1. The topological polar surface area (TPSA) is 93.2 Å². The molecule has 1 aliphatic carbocycles. The number of amides is 2. The third kappa shape index (κ3) is 3.78. The van der Waals surface area contributed by atoms with Crippen LogP contribution in [0.1, 0.15) is 32.8 Å². The van der Waals surface area contributed by atoms with Crippen LogP contribution in [0.5, 0.6) is 0 Å². The van der Waals surface area contributed by atoms with Crippen LogP contribution >= 0.6 is 11.3 Å². The summed E-state index contributed by atoms with van der Waals surface area (Å²) >= 11 is 1.34. The monoisotopic (exact) mass is 485 g/mol. The van der Waals surface area contributed by atoms with E-state index in [1.807, 2.05) is 78.2 Å². The van der Waals surface area contributed by atoms with Gasteiger partial charge in [0.25, 0.3) is 11.8 Å². The molecule has 35 heavy (non-hydrogen) atoms. The predicted octanol–water partition coefficient (Wildman–Crippen LogP) is 4.08. The fourth-order valence-electron chi connectivity index (χ4n) is 5.48. The molecule has 3 N–H and O–H groups in total. The zero-order chi connectivity index (χ0) is 24.3. The van der Waals surface area contributed by atoms with Crippen LogP contribution in [0.3, 0.4) is 0 Å². The molecule has 8 heteroatoms. The van der Waals surface area contributed by atoms with Gasteiger partial charge in [0.15, 0.2) is 5.13 Å². The summed E-state index contributed by atoms with van der Waals surface area (Å²) in [5.41, 5.74) is 10.2. The summed E-state index contributed by atoms with van der Waals surface area (Å²) in [5, 5.41) is 4.42. The Bertz CT molecular complexity index is 1470. The van der Waals surface area contributed by atoms with E-state index in [4.69, 9.17) is 5.73 Å². The number of hydrogen-bond donors (Lipinski definition) is 2. The minimum absolute atomic E-state index is 0.0419.